The van der Waals surface area contributed by atoms with E-state index in [-0.39, 0.29) is 11.7 Å². The molecule has 0 aliphatic rings. The van der Waals surface area contributed by atoms with Crippen LogP contribution < -0.4 is 5.32 Å². The van der Waals surface area contributed by atoms with Gasteiger partial charge in [-0.05, 0) is 38.5 Å². The number of unbranched alkanes of at least 4 members (excludes halogenated alkanes) is 1. The van der Waals surface area contributed by atoms with Gasteiger partial charge >= 0.3 is 0 Å². The molecule has 0 saturated heterocycles. The standard InChI is InChI=1S/C19H24N4O2/c1-5-6-10-23(4)18(25)17-11-13(2)20-19(22-17)21-16-9-7-8-15(12-16)14(3)24/h7-9,11-12H,5-6,10H2,1-4H3,(H,20,21,22). The van der Waals surface area contributed by atoms with E-state index in [0.29, 0.717) is 35.1 Å². The van der Waals surface area contributed by atoms with Crippen LogP contribution in [0.4, 0.5) is 11.6 Å². The molecule has 0 radical (unpaired) electrons. The molecular formula is C19H24N4O2. The number of aryl methyl sites for hydroxylation is 1. The quantitative estimate of drug-likeness (QED) is 0.779. The highest BCUT2D eigenvalue weighted by Crippen LogP contribution is 2.16. The van der Waals surface area contributed by atoms with Gasteiger partial charge in [0.15, 0.2) is 5.78 Å². The van der Waals surface area contributed by atoms with Crippen molar-refractivity contribution in [3.05, 3.63) is 47.3 Å². The molecule has 1 aromatic carbocycles. The number of benzene rings is 1. The van der Waals surface area contributed by atoms with E-state index in [9.17, 15) is 9.59 Å². The summed E-state index contributed by atoms with van der Waals surface area (Å²) in [7, 11) is 1.78. The molecule has 0 fully saturated rings. The number of aromatic nitrogens is 2. The zero-order chi connectivity index (χ0) is 18.4. The van der Waals surface area contributed by atoms with E-state index in [1.165, 1.54) is 6.92 Å². The van der Waals surface area contributed by atoms with Crippen molar-refractivity contribution in [1.82, 2.24) is 14.9 Å². The Morgan fingerprint density at radius 2 is 1.96 bits per heavy atom. The molecule has 132 valence electrons. The molecule has 2 rings (SSSR count). The number of amides is 1. The predicted octanol–water partition coefficient (Wildman–Crippen LogP) is 3.60. The highest BCUT2D eigenvalue weighted by Gasteiger charge is 2.15. The Hall–Kier alpha value is -2.76. The third kappa shape index (κ3) is 5.11. The van der Waals surface area contributed by atoms with Crippen LogP contribution in [0.5, 0.6) is 0 Å². The van der Waals surface area contributed by atoms with E-state index in [1.807, 2.05) is 13.0 Å². The lowest BCUT2D eigenvalue weighted by Gasteiger charge is -2.17. The molecule has 6 heteroatoms. The maximum absolute atomic E-state index is 12.5. The number of hydrogen-bond donors (Lipinski definition) is 1. The Morgan fingerprint density at radius 1 is 1.20 bits per heavy atom. The summed E-state index contributed by atoms with van der Waals surface area (Å²) < 4.78 is 0. The van der Waals surface area contributed by atoms with Gasteiger partial charge in [-0.3, -0.25) is 9.59 Å². The first-order valence-corrected chi connectivity index (χ1v) is 8.40. The van der Waals surface area contributed by atoms with Crippen LogP contribution in [-0.2, 0) is 0 Å². The third-order valence-electron chi connectivity index (χ3n) is 3.79. The Kier molecular flexibility index (Phi) is 6.22. The zero-order valence-electron chi connectivity index (χ0n) is 15.2. The van der Waals surface area contributed by atoms with Crippen molar-refractivity contribution in [1.29, 1.82) is 0 Å². The first-order valence-electron chi connectivity index (χ1n) is 8.40. The van der Waals surface area contributed by atoms with Crippen LogP contribution >= 0.6 is 0 Å². The second kappa shape index (κ2) is 8.37. The fourth-order valence-corrected chi connectivity index (χ4v) is 2.37. The average Bonchev–Trinajstić information content (AvgIpc) is 2.58. The molecule has 0 atom stereocenters. The van der Waals surface area contributed by atoms with E-state index in [4.69, 9.17) is 0 Å². The highest BCUT2D eigenvalue weighted by molar-refractivity contribution is 5.95. The van der Waals surface area contributed by atoms with Crippen LogP contribution in [0.2, 0.25) is 0 Å². The number of Topliss-reactive ketones (excluding diaryl/α,β-unsaturated/α-hetero) is 1. The number of nitrogens with zero attached hydrogens (tertiary/aromatic N) is 3. The van der Waals surface area contributed by atoms with Gasteiger partial charge in [-0.1, -0.05) is 25.5 Å². The maximum Gasteiger partial charge on any atom is 0.272 e. The van der Waals surface area contributed by atoms with Crippen molar-refractivity contribution in [2.45, 2.75) is 33.6 Å². The number of carbonyl (C=O) groups excluding carboxylic acids is 2. The molecule has 0 saturated carbocycles. The topological polar surface area (TPSA) is 75.2 Å². The fraction of sp³-hybridized carbons (Fsp3) is 0.368. The molecule has 25 heavy (non-hydrogen) atoms. The molecule has 0 aliphatic carbocycles. The van der Waals surface area contributed by atoms with Gasteiger partial charge in [-0.25, -0.2) is 9.97 Å². The van der Waals surface area contributed by atoms with Crippen molar-refractivity contribution in [3.63, 3.8) is 0 Å². The smallest absolute Gasteiger partial charge is 0.272 e. The second-order valence-corrected chi connectivity index (χ2v) is 6.06. The van der Waals surface area contributed by atoms with Crippen LogP contribution in [0.15, 0.2) is 30.3 Å². The predicted molar refractivity (Wildman–Crippen MR) is 98.4 cm³/mol. The first-order chi connectivity index (χ1) is 11.9. The number of rotatable bonds is 7. The van der Waals surface area contributed by atoms with Crippen LogP contribution in [-0.4, -0.2) is 40.2 Å². The van der Waals surface area contributed by atoms with Gasteiger partial charge < -0.3 is 10.2 Å². The van der Waals surface area contributed by atoms with Gasteiger partial charge in [0, 0.05) is 30.5 Å². The molecule has 0 spiro atoms. The number of carbonyl (C=O) groups is 2. The molecule has 1 aromatic heterocycles. The molecule has 1 amide bonds. The van der Waals surface area contributed by atoms with E-state index >= 15 is 0 Å². The van der Waals surface area contributed by atoms with E-state index < -0.39 is 0 Å². The summed E-state index contributed by atoms with van der Waals surface area (Å²) in [6, 6.07) is 8.79. The largest absolute Gasteiger partial charge is 0.340 e. The van der Waals surface area contributed by atoms with Crippen LogP contribution in [0.1, 0.15) is 53.2 Å². The zero-order valence-corrected chi connectivity index (χ0v) is 15.2. The number of ketones is 1. The summed E-state index contributed by atoms with van der Waals surface area (Å²) in [5.74, 6) is 0.203. The van der Waals surface area contributed by atoms with Crippen molar-refractivity contribution in [3.8, 4) is 0 Å². The first kappa shape index (κ1) is 18.6. The molecule has 1 N–H and O–H groups in total. The Labute approximate surface area is 148 Å². The molecule has 0 unspecified atom stereocenters. The molecule has 2 aromatic rings. The van der Waals surface area contributed by atoms with E-state index in [2.05, 4.69) is 22.2 Å². The summed E-state index contributed by atoms with van der Waals surface area (Å²) in [5, 5.41) is 3.07. The summed E-state index contributed by atoms with van der Waals surface area (Å²) >= 11 is 0. The Bertz CT molecular complexity index is 774. The molecule has 6 nitrogen and oxygen atoms in total. The van der Waals surface area contributed by atoms with Gasteiger partial charge in [0.05, 0.1) is 0 Å². The van der Waals surface area contributed by atoms with Gasteiger partial charge in [-0.15, -0.1) is 0 Å². The number of nitrogens with one attached hydrogen (secondary N) is 1. The SMILES string of the molecule is CCCCN(C)C(=O)c1cc(C)nc(Nc2cccc(C(C)=O)c2)n1. The Morgan fingerprint density at radius 3 is 2.64 bits per heavy atom. The van der Waals surface area contributed by atoms with Crippen LogP contribution in [0.3, 0.4) is 0 Å². The number of hydrogen-bond acceptors (Lipinski definition) is 5. The van der Waals surface area contributed by atoms with E-state index in [1.54, 1.807) is 36.2 Å². The van der Waals surface area contributed by atoms with Gasteiger partial charge in [0.25, 0.3) is 5.91 Å². The number of anilines is 2. The molecular weight excluding hydrogens is 316 g/mol. The summed E-state index contributed by atoms with van der Waals surface area (Å²) in [5.41, 5.74) is 2.37. The fourth-order valence-electron chi connectivity index (χ4n) is 2.37. The van der Waals surface area contributed by atoms with Gasteiger partial charge in [0.1, 0.15) is 5.69 Å². The normalized spacial score (nSPS) is 10.4. The molecule has 0 aliphatic heterocycles. The summed E-state index contributed by atoms with van der Waals surface area (Å²) in [6.07, 6.45) is 1.98. The molecule has 0 bridgehead atoms. The van der Waals surface area contributed by atoms with Crippen molar-refractivity contribution in [2.75, 3.05) is 18.9 Å². The van der Waals surface area contributed by atoms with Crippen molar-refractivity contribution in [2.24, 2.45) is 0 Å². The second-order valence-electron chi connectivity index (χ2n) is 6.06. The monoisotopic (exact) mass is 340 g/mol. The van der Waals surface area contributed by atoms with Crippen LogP contribution in [0.25, 0.3) is 0 Å². The summed E-state index contributed by atoms with van der Waals surface area (Å²) in [6.45, 7) is 6.12. The minimum absolute atomic E-state index is 0.0118. The van der Waals surface area contributed by atoms with Crippen molar-refractivity contribution < 1.29 is 9.59 Å². The lowest BCUT2D eigenvalue weighted by atomic mass is 10.1. The average molecular weight is 340 g/mol. The lowest BCUT2D eigenvalue weighted by Crippen LogP contribution is -2.28. The highest BCUT2D eigenvalue weighted by atomic mass is 16.2. The van der Waals surface area contributed by atoms with Crippen LogP contribution in [0, 0.1) is 6.92 Å². The summed E-state index contributed by atoms with van der Waals surface area (Å²) in [4.78, 5) is 34.3. The van der Waals surface area contributed by atoms with E-state index in [0.717, 1.165) is 12.8 Å². The lowest BCUT2D eigenvalue weighted by molar-refractivity contribution is 0.0787. The Balaban J connectivity index is 2.22. The van der Waals surface area contributed by atoms with Gasteiger partial charge in [-0.2, -0.15) is 0 Å². The van der Waals surface area contributed by atoms with Crippen molar-refractivity contribution >= 4 is 23.3 Å². The maximum atomic E-state index is 12.5. The van der Waals surface area contributed by atoms with Gasteiger partial charge in [0.2, 0.25) is 5.95 Å². The third-order valence-corrected chi connectivity index (χ3v) is 3.79. The minimum atomic E-state index is -0.125. The minimum Gasteiger partial charge on any atom is -0.340 e. The molecule has 1 heterocycles.